The molecule has 0 saturated heterocycles. The summed E-state index contributed by atoms with van der Waals surface area (Å²) in [6, 6.07) is 11.3. The fourth-order valence-corrected chi connectivity index (χ4v) is 2.83. The molecule has 3 aromatic rings. The molecule has 0 radical (unpaired) electrons. The first-order valence-corrected chi connectivity index (χ1v) is 10.9. The minimum Gasteiger partial charge on any atom is -0.487 e. The summed E-state index contributed by atoms with van der Waals surface area (Å²) in [6.07, 6.45) is 8.11. The van der Waals surface area contributed by atoms with E-state index < -0.39 is 11.9 Å². The Kier molecular flexibility index (Phi) is 13.9. The maximum absolute atomic E-state index is 9.55. The quantitative estimate of drug-likeness (QED) is 0.179. The molecule has 0 unspecified atom stereocenters. The number of rotatable bonds is 12. The topological polar surface area (TPSA) is 181 Å². The molecule has 0 fully saturated rings. The van der Waals surface area contributed by atoms with Gasteiger partial charge >= 0.3 is 11.9 Å². The maximum Gasteiger partial charge on any atom is 0.328 e. The predicted molar refractivity (Wildman–Crippen MR) is 140 cm³/mol. The van der Waals surface area contributed by atoms with E-state index in [9.17, 15) is 9.59 Å². The summed E-state index contributed by atoms with van der Waals surface area (Å²) in [4.78, 5) is 27.9. The molecule has 0 amide bonds. The summed E-state index contributed by atoms with van der Waals surface area (Å²) in [5, 5.41) is 19.7. The number of hydrogen-bond donors (Lipinski definition) is 3. The van der Waals surface area contributed by atoms with E-state index in [4.69, 9.17) is 35.6 Å². The molecule has 0 aliphatic carbocycles. The number of carbonyl (C=O) groups is 2. The van der Waals surface area contributed by atoms with Crippen molar-refractivity contribution in [3.05, 3.63) is 60.4 Å². The number of carboxylic acid groups (broad SMARTS) is 2. The number of carboxylic acids is 2. The number of fused-ring (bicyclic) bond motifs is 1. The molecule has 12 nitrogen and oxygen atoms in total. The van der Waals surface area contributed by atoms with Crippen LogP contribution in [0.5, 0.6) is 11.5 Å². The molecule has 5 N–H and O–H groups in total. The van der Waals surface area contributed by atoms with E-state index in [1.807, 2.05) is 36.4 Å². The minimum atomic E-state index is -1.26. The highest BCUT2D eigenvalue weighted by Gasteiger charge is 2.13. The first-order valence-electron chi connectivity index (χ1n) is 10.9. The minimum absolute atomic E-state index is 0. The maximum atomic E-state index is 9.55. The molecule has 38 heavy (non-hydrogen) atoms. The SMILES string of the molecule is C#Cc1cccc(Nc2ncnc3cc(OCCOC)c(OCCOC)cc23)c1.O.O=C(O)C=CC(=O)O. The number of nitrogens with zero attached hydrogens (tertiary/aromatic N) is 2. The van der Waals surface area contributed by atoms with E-state index in [-0.39, 0.29) is 5.48 Å². The molecular weight excluding hydrogens is 498 g/mol. The number of nitrogens with one attached hydrogen (secondary N) is 1. The Morgan fingerprint density at radius 1 is 0.947 bits per heavy atom. The van der Waals surface area contributed by atoms with Crippen LogP contribution in [0.15, 0.2) is 54.9 Å². The van der Waals surface area contributed by atoms with Gasteiger partial charge in [0, 0.05) is 49.1 Å². The molecule has 202 valence electrons. The molecule has 1 aromatic heterocycles. The highest BCUT2D eigenvalue weighted by Crippen LogP contribution is 2.35. The van der Waals surface area contributed by atoms with Gasteiger partial charge in [0.05, 0.1) is 18.7 Å². The Hall–Kier alpha value is -4.70. The molecular formula is C26H29N3O9. The molecule has 0 saturated carbocycles. The second-order valence-electron chi connectivity index (χ2n) is 7.08. The molecule has 0 aliphatic rings. The second kappa shape index (κ2) is 16.9. The van der Waals surface area contributed by atoms with Gasteiger partial charge in [-0.3, -0.25) is 0 Å². The average molecular weight is 528 g/mol. The molecule has 0 atom stereocenters. The van der Waals surface area contributed by atoms with Gasteiger partial charge in [-0.05, 0) is 24.3 Å². The van der Waals surface area contributed by atoms with Crippen LogP contribution < -0.4 is 14.8 Å². The summed E-state index contributed by atoms with van der Waals surface area (Å²) in [5.41, 5.74) is 2.34. The van der Waals surface area contributed by atoms with Crippen LogP contribution in [0.2, 0.25) is 0 Å². The monoisotopic (exact) mass is 527 g/mol. The average Bonchev–Trinajstić information content (AvgIpc) is 2.88. The first-order chi connectivity index (χ1) is 17.9. The smallest absolute Gasteiger partial charge is 0.328 e. The van der Waals surface area contributed by atoms with Gasteiger partial charge in [0.25, 0.3) is 0 Å². The fraction of sp³-hybridized carbons (Fsp3) is 0.231. The molecule has 1 heterocycles. The molecule has 0 spiro atoms. The standard InChI is InChI=1S/C22H23N3O4.C4H4O4.H2O/c1-4-16-6-5-7-17(12-16)25-22-18-13-20(28-10-8-26-2)21(29-11-9-27-3)14-19(18)23-15-24-22;5-3(6)1-2-4(7)8;/h1,5-7,12-15H,8-11H2,2-3H3,(H,23,24,25);1-2H,(H,5,6)(H,7,8);1H2. The molecule has 12 heteroatoms. The first kappa shape index (κ1) is 31.3. The van der Waals surface area contributed by atoms with E-state index in [1.165, 1.54) is 6.33 Å². The lowest BCUT2D eigenvalue weighted by molar-refractivity contribution is -0.134. The number of aromatic nitrogens is 2. The van der Waals surface area contributed by atoms with E-state index in [0.717, 1.165) is 22.2 Å². The predicted octanol–water partition coefficient (Wildman–Crippen LogP) is 2.29. The van der Waals surface area contributed by atoms with Crippen molar-refractivity contribution in [3.63, 3.8) is 0 Å². The molecule has 2 aromatic carbocycles. The fourth-order valence-electron chi connectivity index (χ4n) is 2.83. The van der Waals surface area contributed by atoms with Crippen LogP contribution in [0.4, 0.5) is 11.5 Å². The summed E-state index contributed by atoms with van der Waals surface area (Å²) < 4.78 is 21.8. The molecule has 0 bridgehead atoms. The molecule has 0 aliphatic heterocycles. The van der Waals surface area contributed by atoms with Crippen molar-refractivity contribution in [1.82, 2.24) is 9.97 Å². The molecule has 3 rings (SSSR count). The van der Waals surface area contributed by atoms with Gasteiger partial charge in [-0.2, -0.15) is 0 Å². The highest BCUT2D eigenvalue weighted by molar-refractivity contribution is 5.93. The summed E-state index contributed by atoms with van der Waals surface area (Å²) in [5.74, 6) is 1.93. The summed E-state index contributed by atoms with van der Waals surface area (Å²) >= 11 is 0. The third kappa shape index (κ3) is 10.5. The van der Waals surface area contributed by atoms with Crippen molar-refractivity contribution in [2.75, 3.05) is 46.0 Å². The number of methoxy groups -OCH3 is 2. The van der Waals surface area contributed by atoms with Gasteiger partial charge in [0.1, 0.15) is 25.4 Å². The van der Waals surface area contributed by atoms with Crippen LogP contribution in [0, 0.1) is 12.3 Å². The number of terminal acetylenes is 1. The van der Waals surface area contributed by atoms with Crippen molar-refractivity contribution in [2.45, 2.75) is 0 Å². The van der Waals surface area contributed by atoms with Crippen LogP contribution >= 0.6 is 0 Å². The van der Waals surface area contributed by atoms with E-state index in [0.29, 0.717) is 55.9 Å². The summed E-state index contributed by atoms with van der Waals surface area (Å²) in [7, 11) is 3.25. The second-order valence-corrected chi connectivity index (χ2v) is 7.08. The van der Waals surface area contributed by atoms with Gasteiger partial charge in [0.2, 0.25) is 0 Å². The third-order valence-corrected chi connectivity index (χ3v) is 4.45. The highest BCUT2D eigenvalue weighted by atomic mass is 16.5. The Morgan fingerprint density at radius 3 is 2.11 bits per heavy atom. The Balaban J connectivity index is 0.000000699. The lowest BCUT2D eigenvalue weighted by Crippen LogP contribution is -2.09. The lowest BCUT2D eigenvalue weighted by Gasteiger charge is -2.15. The van der Waals surface area contributed by atoms with Crippen LogP contribution in [-0.4, -0.2) is 78.2 Å². The van der Waals surface area contributed by atoms with Crippen molar-refractivity contribution in [3.8, 4) is 23.8 Å². The lowest BCUT2D eigenvalue weighted by atomic mass is 10.2. The largest absolute Gasteiger partial charge is 0.487 e. The van der Waals surface area contributed by atoms with Crippen molar-refractivity contribution in [1.29, 1.82) is 0 Å². The van der Waals surface area contributed by atoms with E-state index in [1.54, 1.807) is 14.2 Å². The van der Waals surface area contributed by atoms with Gasteiger partial charge in [-0.15, -0.1) is 6.42 Å². The summed E-state index contributed by atoms with van der Waals surface area (Å²) in [6.45, 7) is 1.73. The zero-order valence-electron chi connectivity index (χ0n) is 20.8. The Bertz CT molecular complexity index is 1260. The number of aliphatic carboxylic acids is 2. The van der Waals surface area contributed by atoms with Gasteiger partial charge in [-0.1, -0.05) is 12.0 Å². The van der Waals surface area contributed by atoms with E-state index in [2.05, 4.69) is 21.2 Å². The third-order valence-electron chi connectivity index (χ3n) is 4.45. The zero-order chi connectivity index (χ0) is 27.0. The zero-order valence-corrected chi connectivity index (χ0v) is 20.8. The van der Waals surface area contributed by atoms with Crippen molar-refractivity contribution >= 4 is 34.3 Å². The van der Waals surface area contributed by atoms with Crippen molar-refractivity contribution < 1.29 is 44.2 Å². The number of hydrogen-bond acceptors (Lipinski definition) is 9. The number of ether oxygens (including phenoxy) is 4. The number of benzene rings is 2. The van der Waals surface area contributed by atoms with Gasteiger partial charge in [-0.25, -0.2) is 19.6 Å². The Morgan fingerprint density at radius 2 is 1.55 bits per heavy atom. The number of anilines is 2. The Labute approximate surface area is 219 Å². The van der Waals surface area contributed by atoms with E-state index >= 15 is 0 Å². The van der Waals surface area contributed by atoms with Gasteiger partial charge in [0.15, 0.2) is 11.5 Å². The van der Waals surface area contributed by atoms with Crippen LogP contribution in [0.3, 0.4) is 0 Å². The van der Waals surface area contributed by atoms with Gasteiger partial charge < -0.3 is 40.0 Å². The van der Waals surface area contributed by atoms with Crippen LogP contribution in [-0.2, 0) is 19.1 Å². The van der Waals surface area contributed by atoms with Crippen molar-refractivity contribution in [2.24, 2.45) is 0 Å². The van der Waals surface area contributed by atoms with Crippen LogP contribution in [0.1, 0.15) is 5.56 Å². The van der Waals surface area contributed by atoms with Crippen LogP contribution in [0.25, 0.3) is 10.9 Å². The normalized spacial score (nSPS) is 10.0.